The molecule has 0 aliphatic heterocycles. The first kappa shape index (κ1) is 14.9. The van der Waals surface area contributed by atoms with Crippen LogP contribution in [0.2, 0.25) is 5.02 Å². The van der Waals surface area contributed by atoms with E-state index in [1.807, 2.05) is 0 Å². The van der Waals surface area contributed by atoms with E-state index in [-0.39, 0.29) is 18.2 Å². The molecule has 1 aromatic rings. The molecular formula is C11H15ClN2O3S. The van der Waals surface area contributed by atoms with Gasteiger partial charge in [-0.2, -0.15) is 0 Å². The molecule has 0 unspecified atom stereocenters. The Morgan fingerprint density at radius 1 is 1.33 bits per heavy atom. The van der Waals surface area contributed by atoms with Gasteiger partial charge in [-0.3, -0.25) is 4.79 Å². The number of hydrogen-bond acceptors (Lipinski definition) is 3. The smallest absolute Gasteiger partial charge is 0.252 e. The molecule has 1 amide bonds. The molecule has 0 radical (unpaired) electrons. The summed E-state index contributed by atoms with van der Waals surface area (Å²) in [5.41, 5.74) is 0.385. The summed E-state index contributed by atoms with van der Waals surface area (Å²) in [4.78, 5) is 11.7. The number of benzene rings is 1. The van der Waals surface area contributed by atoms with Crippen LogP contribution in [0.5, 0.6) is 0 Å². The molecule has 18 heavy (non-hydrogen) atoms. The quantitative estimate of drug-likeness (QED) is 0.768. The summed E-state index contributed by atoms with van der Waals surface area (Å²) in [5.74, 6) is -0.325. The van der Waals surface area contributed by atoms with Crippen LogP contribution in [0.25, 0.3) is 0 Å². The summed E-state index contributed by atoms with van der Waals surface area (Å²) in [6.07, 6.45) is 0.347. The fraction of sp³-hybridized carbons (Fsp3) is 0.364. The first-order valence-electron chi connectivity index (χ1n) is 5.40. The van der Waals surface area contributed by atoms with Gasteiger partial charge in [-0.15, -0.1) is 0 Å². The summed E-state index contributed by atoms with van der Waals surface area (Å²) >= 11 is 5.86. The lowest BCUT2D eigenvalue weighted by Crippen LogP contribution is -2.28. The van der Waals surface area contributed by atoms with Crippen LogP contribution in [0.15, 0.2) is 24.3 Å². The zero-order valence-corrected chi connectivity index (χ0v) is 11.5. The average Bonchev–Trinajstić information content (AvgIpc) is 2.35. The van der Waals surface area contributed by atoms with Crippen molar-refractivity contribution < 1.29 is 13.2 Å². The molecule has 0 aliphatic rings. The van der Waals surface area contributed by atoms with Crippen LogP contribution in [-0.4, -0.2) is 33.7 Å². The summed E-state index contributed by atoms with van der Waals surface area (Å²) in [5, 5.41) is 2.99. The van der Waals surface area contributed by atoms with E-state index in [0.29, 0.717) is 17.0 Å². The van der Waals surface area contributed by atoms with Crippen LogP contribution in [0.4, 0.5) is 0 Å². The third-order valence-electron chi connectivity index (χ3n) is 2.30. The highest BCUT2D eigenvalue weighted by molar-refractivity contribution is 7.89. The van der Waals surface area contributed by atoms with Gasteiger partial charge in [-0.1, -0.05) is 23.7 Å². The van der Waals surface area contributed by atoms with E-state index in [4.69, 9.17) is 11.6 Å². The second-order valence-corrected chi connectivity index (χ2v) is 6.07. The average molecular weight is 291 g/mol. The molecule has 0 spiro atoms. The second kappa shape index (κ2) is 6.72. The maximum Gasteiger partial charge on any atom is 0.252 e. The largest absolute Gasteiger partial charge is 0.352 e. The second-order valence-electron chi connectivity index (χ2n) is 3.61. The molecule has 0 bridgehead atoms. The van der Waals surface area contributed by atoms with E-state index in [9.17, 15) is 13.2 Å². The lowest BCUT2D eigenvalue weighted by atomic mass is 10.2. The number of carbonyl (C=O) groups is 1. The summed E-state index contributed by atoms with van der Waals surface area (Å²) < 4.78 is 24.5. The molecule has 0 fully saturated rings. The van der Waals surface area contributed by atoms with E-state index in [2.05, 4.69) is 10.0 Å². The Hall–Kier alpha value is -1.11. The Kier molecular flexibility index (Phi) is 5.58. The Labute approximate surface area is 112 Å². The topological polar surface area (TPSA) is 75.3 Å². The number of nitrogens with one attached hydrogen (secondary N) is 2. The molecule has 1 rings (SSSR count). The van der Waals surface area contributed by atoms with Crippen LogP contribution in [0.1, 0.15) is 16.8 Å². The van der Waals surface area contributed by atoms with Gasteiger partial charge in [-0.05, 0) is 25.6 Å². The van der Waals surface area contributed by atoms with Crippen molar-refractivity contribution in [3.05, 3.63) is 34.9 Å². The standard InChI is InChI=1S/C11H15ClN2O3S/c1-13-18(16,17)8-4-7-14-11(15)9-5-2-3-6-10(9)12/h2-3,5-6,13H,4,7-8H2,1H3,(H,14,15). The van der Waals surface area contributed by atoms with Gasteiger partial charge in [0.25, 0.3) is 5.91 Å². The van der Waals surface area contributed by atoms with Crippen molar-refractivity contribution in [3.63, 3.8) is 0 Å². The van der Waals surface area contributed by atoms with Gasteiger partial charge in [0.2, 0.25) is 10.0 Å². The number of sulfonamides is 1. The van der Waals surface area contributed by atoms with Crippen molar-refractivity contribution in [1.82, 2.24) is 10.0 Å². The first-order valence-corrected chi connectivity index (χ1v) is 7.43. The van der Waals surface area contributed by atoms with Gasteiger partial charge in [0.15, 0.2) is 0 Å². The van der Waals surface area contributed by atoms with Gasteiger partial charge in [0.1, 0.15) is 0 Å². The number of rotatable bonds is 6. The van der Waals surface area contributed by atoms with E-state index >= 15 is 0 Å². The fourth-order valence-corrected chi connectivity index (χ4v) is 2.26. The molecular weight excluding hydrogens is 276 g/mol. The molecule has 0 aliphatic carbocycles. The Morgan fingerprint density at radius 3 is 2.61 bits per heavy atom. The number of hydrogen-bond donors (Lipinski definition) is 2. The molecule has 0 saturated carbocycles. The van der Waals surface area contributed by atoms with Crippen molar-refractivity contribution in [2.75, 3.05) is 19.3 Å². The minimum Gasteiger partial charge on any atom is -0.352 e. The number of carbonyl (C=O) groups excluding carboxylic acids is 1. The maximum atomic E-state index is 11.7. The minimum absolute atomic E-state index is 0.0215. The molecule has 2 N–H and O–H groups in total. The molecule has 100 valence electrons. The highest BCUT2D eigenvalue weighted by Crippen LogP contribution is 2.14. The van der Waals surface area contributed by atoms with Gasteiger partial charge in [0, 0.05) is 6.54 Å². The van der Waals surface area contributed by atoms with Crippen LogP contribution in [0.3, 0.4) is 0 Å². The van der Waals surface area contributed by atoms with E-state index < -0.39 is 10.0 Å². The van der Waals surface area contributed by atoms with Crippen molar-refractivity contribution in [2.45, 2.75) is 6.42 Å². The molecule has 0 aromatic heterocycles. The summed E-state index contributed by atoms with van der Waals surface area (Å²) in [7, 11) is -1.86. The fourth-order valence-electron chi connectivity index (χ4n) is 1.31. The van der Waals surface area contributed by atoms with E-state index in [1.165, 1.54) is 7.05 Å². The van der Waals surface area contributed by atoms with Gasteiger partial charge < -0.3 is 5.32 Å². The minimum atomic E-state index is -3.22. The van der Waals surface area contributed by atoms with E-state index in [0.717, 1.165) is 0 Å². The molecule has 1 aromatic carbocycles. The van der Waals surface area contributed by atoms with Gasteiger partial charge >= 0.3 is 0 Å². The highest BCUT2D eigenvalue weighted by Gasteiger charge is 2.10. The van der Waals surface area contributed by atoms with Crippen LogP contribution in [-0.2, 0) is 10.0 Å². The predicted octanol–water partition coefficient (Wildman–Crippen LogP) is 1.01. The molecule has 0 saturated heterocycles. The Balaban J connectivity index is 2.42. The van der Waals surface area contributed by atoms with Gasteiger partial charge in [-0.25, -0.2) is 13.1 Å². The highest BCUT2D eigenvalue weighted by atomic mass is 35.5. The van der Waals surface area contributed by atoms with Crippen molar-refractivity contribution in [1.29, 1.82) is 0 Å². The van der Waals surface area contributed by atoms with Crippen molar-refractivity contribution >= 4 is 27.5 Å². The number of halogens is 1. The zero-order chi connectivity index (χ0) is 13.6. The van der Waals surface area contributed by atoms with Crippen LogP contribution in [0, 0.1) is 0 Å². The predicted molar refractivity (Wildman–Crippen MR) is 71.2 cm³/mol. The molecule has 0 atom stereocenters. The Bertz CT molecular complexity index is 517. The zero-order valence-electron chi connectivity index (χ0n) is 9.94. The lowest BCUT2D eigenvalue weighted by molar-refractivity contribution is 0.0954. The monoisotopic (exact) mass is 290 g/mol. The molecule has 0 heterocycles. The first-order chi connectivity index (χ1) is 8.46. The molecule has 7 heteroatoms. The maximum absolute atomic E-state index is 11.7. The van der Waals surface area contributed by atoms with Crippen molar-refractivity contribution in [2.24, 2.45) is 0 Å². The Morgan fingerprint density at radius 2 is 2.00 bits per heavy atom. The van der Waals surface area contributed by atoms with Crippen molar-refractivity contribution in [3.8, 4) is 0 Å². The molecule has 5 nitrogen and oxygen atoms in total. The van der Waals surface area contributed by atoms with Crippen LogP contribution >= 0.6 is 11.6 Å². The van der Waals surface area contributed by atoms with Gasteiger partial charge in [0.05, 0.1) is 16.3 Å². The third kappa shape index (κ3) is 4.64. The SMILES string of the molecule is CNS(=O)(=O)CCCNC(=O)c1ccccc1Cl. The third-order valence-corrected chi connectivity index (χ3v) is 4.08. The summed E-state index contributed by atoms with van der Waals surface area (Å²) in [6, 6.07) is 6.69. The lowest BCUT2D eigenvalue weighted by Gasteiger charge is -2.06. The normalized spacial score (nSPS) is 11.2. The summed E-state index contributed by atoms with van der Waals surface area (Å²) in [6.45, 7) is 0.283. The van der Waals surface area contributed by atoms with E-state index in [1.54, 1.807) is 24.3 Å². The number of amides is 1. The van der Waals surface area contributed by atoms with Crippen LogP contribution < -0.4 is 10.0 Å².